The molecule has 0 aromatic carbocycles. The molecule has 23 heavy (non-hydrogen) atoms. The zero-order chi connectivity index (χ0) is 17.3. The van der Waals surface area contributed by atoms with Crippen molar-refractivity contribution in [2.75, 3.05) is 19.8 Å². The van der Waals surface area contributed by atoms with Crippen LogP contribution in [0.4, 0.5) is 0 Å². The van der Waals surface area contributed by atoms with Crippen molar-refractivity contribution in [2.24, 2.45) is 0 Å². The lowest BCUT2D eigenvalue weighted by Crippen LogP contribution is -2.54. The molecular weight excluding hydrogens is 312 g/mol. The Balaban J connectivity index is 2.89. The molecule has 0 amide bonds. The first-order chi connectivity index (χ1) is 11.0. The molecule has 0 saturated carbocycles. The maximum absolute atomic E-state index is 6.45. The number of hydrogen-bond acceptors (Lipinski definition) is 5. The van der Waals surface area contributed by atoms with E-state index in [9.17, 15) is 0 Å². The van der Waals surface area contributed by atoms with Crippen molar-refractivity contribution >= 4 is 8.80 Å². The summed E-state index contributed by atoms with van der Waals surface area (Å²) < 4.78 is 30.7. The summed E-state index contributed by atoms with van der Waals surface area (Å²) in [6.07, 6.45) is 3.81. The zero-order valence-electron chi connectivity index (χ0n) is 15.9. The quantitative estimate of drug-likeness (QED) is 0.496. The third kappa shape index (κ3) is 5.79. The summed E-state index contributed by atoms with van der Waals surface area (Å²) in [4.78, 5) is 0. The lowest BCUT2D eigenvalue weighted by molar-refractivity contribution is -0.228. The van der Waals surface area contributed by atoms with Crippen molar-refractivity contribution in [3.05, 3.63) is 0 Å². The largest absolute Gasteiger partial charge is 0.501 e. The van der Waals surface area contributed by atoms with Crippen molar-refractivity contribution in [3.8, 4) is 0 Å². The molecule has 5 nitrogen and oxygen atoms in total. The van der Waals surface area contributed by atoms with Crippen LogP contribution >= 0.6 is 0 Å². The van der Waals surface area contributed by atoms with Crippen molar-refractivity contribution in [1.29, 1.82) is 0 Å². The van der Waals surface area contributed by atoms with E-state index in [0.717, 1.165) is 31.7 Å². The Morgan fingerprint density at radius 1 is 1.13 bits per heavy atom. The molecule has 0 aliphatic carbocycles. The highest BCUT2D eigenvalue weighted by Gasteiger charge is 2.50. The predicted molar refractivity (Wildman–Crippen MR) is 93.4 cm³/mol. The minimum atomic E-state index is -2.71. The highest BCUT2D eigenvalue weighted by Crippen LogP contribution is 2.36. The molecule has 1 saturated heterocycles. The van der Waals surface area contributed by atoms with Gasteiger partial charge in [-0.1, -0.05) is 26.7 Å². The summed E-state index contributed by atoms with van der Waals surface area (Å²) in [6, 6.07) is 0.841. The van der Waals surface area contributed by atoms with Gasteiger partial charge in [-0.15, -0.1) is 0 Å². The third-order valence-corrected chi connectivity index (χ3v) is 7.24. The van der Waals surface area contributed by atoms with Gasteiger partial charge in [-0.05, 0) is 34.1 Å². The van der Waals surface area contributed by atoms with E-state index < -0.39 is 14.6 Å². The summed E-state index contributed by atoms with van der Waals surface area (Å²) >= 11 is 0. The van der Waals surface area contributed by atoms with E-state index in [1.165, 1.54) is 0 Å². The zero-order valence-corrected chi connectivity index (χ0v) is 16.9. The molecule has 138 valence electrons. The predicted octanol–water partition coefficient (Wildman–Crippen LogP) is 4.14. The molecule has 0 radical (unpaired) electrons. The van der Waals surface area contributed by atoms with Gasteiger partial charge in [0.05, 0.1) is 12.7 Å². The molecule has 3 unspecified atom stereocenters. The van der Waals surface area contributed by atoms with Crippen LogP contribution in [-0.2, 0) is 22.8 Å². The Morgan fingerprint density at radius 3 is 2.22 bits per heavy atom. The maximum atomic E-state index is 6.45. The van der Waals surface area contributed by atoms with Gasteiger partial charge in [0, 0.05) is 25.7 Å². The highest BCUT2D eigenvalue weighted by molar-refractivity contribution is 6.60. The Labute approximate surface area is 143 Å². The average molecular weight is 349 g/mol. The van der Waals surface area contributed by atoms with Crippen LogP contribution in [0, 0.1) is 0 Å². The highest BCUT2D eigenvalue weighted by atomic mass is 28.4. The first kappa shape index (κ1) is 21.1. The fourth-order valence-electron chi connectivity index (χ4n) is 3.07. The van der Waals surface area contributed by atoms with Crippen LogP contribution in [0.25, 0.3) is 0 Å². The van der Waals surface area contributed by atoms with Crippen LogP contribution in [0.15, 0.2) is 0 Å². The Hall–Kier alpha value is 0.0169. The molecule has 0 aromatic heterocycles. The van der Waals surface area contributed by atoms with Crippen LogP contribution in [0.5, 0.6) is 0 Å². The van der Waals surface area contributed by atoms with Crippen LogP contribution in [0.3, 0.4) is 0 Å². The van der Waals surface area contributed by atoms with Gasteiger partial charge < -0.3 is 22.8 Å². The van der Waals surface area contributed by atoms with Crippen LogP contribution in [0.2, 0.25) is 6.04 Å². The van der Waals surface area contributed by atoms with Gasteiger partial charge >= 0.3 is 8.80 Å². The molecule has 1 aliphatic rings. The lowest BCUT2D eigenvalue weighted by atomic mass is 10.1. The third-order valence-electron chi connectivity index (χ3n) is 4.10. The molecule has 0 spiro atoms. The molecule has 0 bridgehead atoms. The van der Waals surface area contributed by atoms with Gasteiger partial charge in [0.15, 0.2) is 5.79 Å². The second-order valence-corrected chi connectivity index (χ2v) is 8.89. The standard InChI is InChI=1S/C17H36O5Si/c1-7-11-13-23(19-9-3,20-10-4)22-16(6)17(12-8-2)18-14-15(5)21-17/h15-16H,7-14H2,1-6H3. The second kappa shape index (κ2) is 10.1. The summed E-state index contributed by atoms with van der Waals surface area (Å²) in [5.41, 5.74) is 0. The molecule has 3 atom stereocenters. The lowest BCUT2D eigenvalue weighted by Gasteiger charge is -2.39. The van der Waals surface area contributed by atoms with E-state index in [2.05, 4.69) is 13.8 Å². The summed E-state index contributed by atoms with van der Waals surface area (Å²) in [5, 5.41) is 0. The van der Waals surface area contributed by atoms with E-state index >= 15 is 0 Å². The first-order valence-electron chi connectivity index (χ1n) is 9.25. The van der Waals surface area contributed by atoms with Crippen molar-refractivity contribution in [1.82, 2.24) is 0 Å². The summed E-state index contributed by atoms with van der Waals surface area (Å²) in [7, 11) is -2.71. The van der Waals surface area contributed by atoms with Crippen LogP contribution < -0.4 is 0 Å². The topological polar surface area (TPSA) is 46.2 Å². The van der Waals surface area contributed by atoms with Crippen LogP contribution in [0.1, 0.15) is 67.2 Å². The van der Waals surface area contributed by atoms with E-state index in [0.29, 0.717) is 19.8 Å². The minimum Gasteiger partial charge on any atom is -0.374 e. The minimum absolute atomic E-state index is 0.0958. The molecule has 1 heterocycles. The van der Waals surface area contributed by atoms with Crippen molar-refractivity contribution < 1.29 is 22.8 Å². The number of rotatable bonds is 12. The molecule has 6 heteroatoms. The first-order valence-corrected chi connectivity index (χ1v) is 11.2. The fraction of sp³-hybridized carbons (Fsp3) is 1.00. The molecule has 1 fully saturated rings. The van der Waals surface area contributed by atoms with Gasteiger partial charge in [-0.3, -0.25) is 0 Å². The number of unbranched alkanes of at least 4 members (excludes halogenated alkanes) is 1. The van der Waals surface area contributed by atoms with E-state index in [1.807, 2.05) is 27.7 Å². The van der Waals surface area contributed by atoms with Gasteiger partial charge in [0.25, 0.3) is 0 Å². The molecule has 0 aromatic rings. The van der Waals surface area contributed by atoms with Crippen LogP contribution in [-0.4, -0.2) is 46.6 Å². The average Bonchev–Trinajstić information content (AvgIpc) is 2.88. The van der Waals surface area contributed by atoms with Crippen molar-refractivity contribution in [2.45, 2.75) is 91.3 Å². The molecule has 1 rings (SSSR count). The fourth-order valence-corrected chi connectivity index (χ4v) is 6.08. The normalized spacial score (nSPS) is 26.6. The second-order valence-electron chi connectivity index (χ2n) is 6.21. The van der Waals surface area contributed by atoms with E-state index in [1.54, 1.807) is 0 Å². The van der Waals surface area contributed by atoms with E-state index in [-0.39, 0.29) is 12.2 Å². The Bertz CT molecular complexity index is 318. The molecule has 0 N–H and O–H groups in total. The molecule has 1 aliphatic heterocycles. The van der Waals surface area contributed by atoms with Gasteiger partial charge in [0.1, 0.15) is 6.10 Å². The number of hydrogen-bond donors (Lipinski definition) is 0. The van der Waals surface area contributed by atoms with Gasteiger partial charge in [0.2, 0.25) is 0 Å². The number of ether oxygens (including phenoxy) is 2. The van der Waals surface area contributed by atoms with Crippen molar-refractivity contribution in [3.63, 3.8) is 0 Å². The monoisotopic (exact) mass is 348 g/mol. The summed E-state index contributed by atoms with van der Waals surface area (Å²) in [6.45, 7) is 14.2. The maximum Gasteiger partial charge on any atom is 0.501 e. The Morgan fingerprint density at radius 2 is 1.78 bits per heavy atom. The van der Waals surface area contributed by atoms with Gasteiger partial charge in [-0.2, -0.15) is 0 Å². The Kier molecular flexibility index (Phi) is 9.26. The van der Waals surface area contributed by atoms with Gasteiger partial charge in [-0.25, -0.2) is 0 Å². The summed E-state index contributed by atoms with van der Waals surface area (Å²) in [5.74, 6) is -0.674. The SMILES string of the molecule is CCCC[Si](OCC)(OCC)OC(C)C1(CCC)OCC(C)O1. The molecular formula is C17H36O5Si. The smallest absolute Gasteiger partial charge is 0.374 e. The van der Waals surface area contributed by atoms with E-state index in [4.69, 9.17) is 22.8 Å².